The van der Waals surface area contributed by atoms with E-state index in [0.29, 0.717) is 12.0 Å². The van der Waals surface area contributed by atoms with Crippen molar-refractivity contribution in [1.82, 2.24) is 15.1 Å². The van der Waals surface area contributed by atoms with Crippen LogP contribution in [0.2, 0.25) is 5.15 Å². The SMILES string of the molecule is CNC(C)C(C)Cc1c(C)nn(C)c1Cl. The Morgan fingerprint density at radius 2 is 2.07 bits per heavy atom. The maximum atomic E-state index is 6.19. The molecule has 0 aliphatic rings. The van der Waals surface area contributed by atoms with Gasteiger partial charge < -0.3 is 5.32 Å². The number of aromatic nitrogens is 2. The summed E-state index contributed by atoms with van der Waals surface area (Å²) in [7, 11) is 3.86. The second-order valence-corrected chi connectivity index (χ2v) is 4.60. The van der Waals surface area contributed by atoms with Crippen LogP contribution in [0.5, 0.6) is 0 Å². The summed E-state index contributed by atoms with van der Waals surface area (Å²) in [6.07, 6.45) is 0.973. The lowest BCUT2D eigenvalue weighted by Gasteiger charge is -2.18. The van der Waals surface area contributed by atoms with Crippen molar-refractivity contribution in [1.29, 1.82) is 0 Å². The van der Waals surface area contributed by atoms with Gasteiger partial charge in [-0.25, -0.2) is 0 Å². The molecule has 3 nitrogen and oxygen atoms in total. The quantitative estimate of drug-likeness (QED) is 0.858. The van der Waals surface area contributed by atoms with Crippen molar-refractivity contribution in [2.45, 2.75) is 33.2 Å². The van der Waals surface area contributed by atoms with Crippen molar-refractivity contribution in [3.05, 3.63) is 16.4 Å². The molecule has 1 aromatic rings. The molecule has 86 valence electrons. The van der Waals surface area contributed by atoms with Gasteiger partial charge in [0, 0.05) is 18.7 Å². The largest absolute Gasteiger partial charge is 0.317 e. The van der Waals surface area contributed by atoms with Crippen LogP contribution in [-0.4, -0.2) is 22.9 Å². The maximum absolute atomic E-state index is 6.19. The highest BCUT2D eigenvalue weighted by Gasteiger charge is 2.17. The molecule has 0 amide bonds. The highest BCUT2D eigenvalue weighted by atomic mass is 35.5. The van der Waals surface area contributed by atoms with E-state index in [9.17, 15) is 0 Å². The van der Waals surface area contributed by atoms with Gasteiger partial charge >= 0.3 is 0 Å². The van der Waals surface area contributed by atoms with E-state index in [1.165, 1.54) is 5.56 Å². The van der Waals surface area contributed by atoms with Crippen LogP contribution in [0.3, 0.4) is 0 Å². The Hall–Kier alpha value is -0.540. The maximum Gasteiger partial charge on any atom is 0.130 e. The van der Waals surface area contributed by atoms with Gasteiger partial charge in [-0.15, -0.1) is 0 Å². The minimum absolute atomic E-state index is 0.487. The Morgan fingerprint density at radius 1 is 1.47 bits per heavy atom. The summed E-state index contributed by atoms with van der Waals surface area (Å²) in [4.78, 5) is 0. The Kier molecular flexibility index (Phi) is 4.17. The molecule has 0 fully saturated rings. The monoisotopic (exact) mass is 229 g/mol. The molecule has 0 saturated carbocycles. The van der Waals surface area contributed by atoms with Crippen molar-refractivity contribution < 1.29 is 0 Å². The van der Waals surface area contributed by atoms with Crippen LogP contribution in [0.1, 0.15) is 25.1 Å². The average molecular weight is 230 g/mol. The van der Waals surface area contributed by atoms with Gasteiger partial charge in [0.05, 0.1) is 5.69 Å². The van der Waals surface area contributed by atoms with Crippen LogP contribution in [-0.2, 0) is 13.5 Å². The van der Waals surface area contributed by atoms with Crippen molar-refractivity contribution in [3.8, 4) is 0 Å². The van der Waals surface area contributed by atoms with Crippen molar-refractivity contribution in [2.24, 2.45) is 13.0 Å². The van der Waals surface area contributed by atoms with E-state index in [-0.39, 0.29) is 0 Å². The molecular formula is C11H20ClN3. The molecule has 2 unspecified atom stereocenters. The molecule has 1 rings (SSSR count). The molecule has 0 saturated heterocycles. The fraction of sp³-hybridized carbons (Fsp3) is 0.727. The summed E-state index contributed by atoms with van der Waals surface area (Å²) < 4.78 is 1.74. The van der Waals surface area contributed by atoms with Gasteiger partial charge in [-0.3, -0.25) is 4.68 Å². The number of nitrogens with zero attached hydrogens (tertiary/aromatic N) is 2. The Morgan fingerprint density at radius 3 is 2.47 bits per heavy atom. The van der Waals surface area contributed by atoms with Gasteiger partial charge in [0.2, 0.25) is 0 Å². The van der Waals surface area contributed by atoms with Gasteiger partial charge in [0.25, 0.3) is 0 Å². The van der Waals surface area contributed by atoms with Gasteiger partial charge in [-0.1, -0.05) is 18.5 Å². The molecule has 0 aromatic carbocycles. The van der Waals surface area contributed by atoms with E-state index < -0.39 is 0 Å². The lowest BCUT2D eigenvalue weighted by molar-refractivity contribution is 0.423. The molecule has 0 aliphatic carbocycles. The van der Waals surface area contributed by atoms with Crippen molar-refractivity contribution >= 4 is 11.6 Å². The summed E-state index contributed by atoms with van der Waals surface area (Å²) in [5, 5.41) is 8.34. The molecule has 1 heterocycles. The van der Waals surface area contributed by atoms with E-state index in [2.05, 4.69) is 24.3 Å². The zero-order chi connectivity index (χ0) is 11.6. The number of hydrogen-bond acceptors (Lipinski definition) is 2. The van der Waals surface area contributed by atoms with E-state index in [1.54, 1.807) is 4.68 Å². The Labute approximate surface area is 96.8 Å². The Balaban J connectivity index is 2.80. The normalized spacial score (nSPS) is 15.3. The molecule has 0 radical (unpaired) electrons. The van der Waals surface area contributed by atoms with E-state index in [0.717, 1.165) is 17.3 Å². The second-order valence-electron chi connectivity index (χ2n) is 4.24. The van der Waals surface area contributed by atoms with Gasteiger partial charge in [-0.2, -0.15) is 5.10 Å². The summed E-state index contributed by atoms with van der Waals surface area (Å²) in [5.74, 6) is 0.551. The van der Waals surface area contributed by atoms with Gasteiger partial charge in [0.1, 0.15) is 5.15 Å². The number of halogens is 1. The molecule has 0 spiro atoms. The smallest absolute Gasteiger partial charge is 0.130 e. The summed E-state index contributed by atoms with van der Waals surface area (Å²) in [5.41, 5.74) is 2.21. The molecule has 0 aliphatic heterocycles. The minimum atomic E-state index is 0.487. The summed E-state index contributed by atoms with van der Waals surface area (Å²) >= 11 is 6.19. The topological polar surface area (TPSA) is 29.9 Å². The predicted octanol–water partition coefficient (Wildman–Crippen LogP) is 2.17. The van der Waals surface area contributed by atoms with E-state index in [4.69, 9.17) is 11.6 Å². The highest BCUT2D eigenvalue weighted by Crippen LogP contribution is 2.23. The number of hydrogen-bond donors (Lipinski definition) is 1. The molecule has 0 bridgehead atoms. The number of aryl methyl sites for hydroxylation is 2. The first-order chi connectivity index (χ1) is 6.97. The van der Waals surface area contributed by atoms with Crippen LogP contribution in [0.4, 0.5) is 0 Å². The third-order valence-electron chi connectivity index (χ3n) is 3.10. The zero-order valence-corrected chi connectivity index (χ0v) is 10.9. The minimum Gasteiger partial charge on any atom is -0.317 e. The number of rotatable bonds is 4. The van der Waals surface area contributed by atoms with Gasteiger partial charge in [-0.05, 0) is 33.2 Å². The first kappa shape index (κ1) is 12.5. The fourth-order valence-corrected chi connectivity index (χ4v) is 1.94. The van der Waals surface area contributed by atoms with Crippen molar-refractivity contribution in [2.75, 3.05) is 7.05 Å². The average Bonchev–Trinajstić information content (AvgIpc) is 2.43. The molecule has 4 heteroatoms. The first-order valence-corrected chi connectivity index (χ1v) is 5.70. The van der Waals surface area contributed by atoms with Gasteiger partial charge in [0.15, 0.2) is 0 Å². The lowest BCUT2D eigenvalue weighted by Crippen LogP contribution is -2.30. The van der Waals surface area contributed by atoms with Crippen LogP contribution >= 0.6 is 11.6 Å². The molecule has 1 aromatic heterocycles. The highest BCUT2D eigenvalue weighted by molar-refractivity contribution is 6.30. The first-order valence-electron chi connectivity index (χ1n) is 5.32. The molecule has 1 N–H and O–H groups in total. The van der Waals surface area contributed by atoms with Crippen molar-refractivity contribution in [3.63, 3.8) is 0 Å². The Bertz CT molecular complexity index is 333. The second kappa shape index (κ2) is 4.99. The van der Waals surface area contributed by atoms with Crippen LogP contribution in [0, 0.1) is 12.8 Å². The lowest BCUT2D eigenvalue weighted by atomic mass is 9.95. The number of nitrogens with one attached hydrogen (secondary N) is 1. The standard InChI is InChI=1S/C11H20ClN3/c1-7(8(2)13-4)6-10-9(3)14-15(5)11(10)12/h7-8,13H,6H2,1-5H3. The molecule has 2 atom stereocenters. The van der Waals surface area contributed by atoms with Crippen LogP contribution in [0.25, 0.3) is 0 Å². The molecule has 15 heavy (non-hydrogen) atoms. The van der Waals surface area contributed by atoms with Crippen LogP contribution < -0.4 is 5.32 Å². The third-order valence-corrected chi connectivity index (χ3v) is 3.58. The van der Waals surface area contributed by atoms with E-state index in [1.807, 2.05) is 21.0 Å². The molecular weight excluding hydrogens is 210 g/mol. The van der Waals surface area contributed by atoms with E-state index >= 15 is 0 Å². The van der Waals surface area contributed by atoms with Crippen LogP contribution in [0.15, 0.2) is 0 Å². The summed E-state index contributed by atoms with van der Waals surface area (Å²) in [6, 6.07) is 0.487. The predicted molar refractivity (Wildman–Crippen MR) is 64.3 cm³/mol. The third kappa shape index (κ3) is 2.73. The fourth-order valence-electron chi connectivity index (χ4n) is 1.69. The zero-order valence-electron chi connectivity index (χ0n) is 10.1. The summed E-state index contributed by atoms with van der Waals surface area (Å²) in [6.45, 7) is 6.42.